The van der Waals surface area contributed by atoms with Crippen molar-refractivity contribution in [3.8, 4) is 11.5 Å². The number of carbonyl (C=O) groups is 5. The van der Waals surface area contributed by atoms with Crippen LogP contribution in [-0.4, -0.2) is 73.8 Å². The minimum atomic E-state index is -1.70. The summed E-state index contributed by atoms with van der Waals surface area (Å²) in [4.78, 5) is 68.0. The van der Waals surface area contributed by atoms with Gasteiger partial charge < -0.3 is 37.9 Å². The molecule has 1 saturated heterocycles. The van der Waals surface area contributed by atoms with Gasteiger partial charge in [-0.25, -0.2) is 19.2 Å². The molecule has 0 aliphatic carbocycles. The van der Waals surface area contributed by atoms with Crippen LogP contribution in [0.25, 0.3) is 0 Å². The van der Waals surface area contributed by atoms with Crippen LogP contribution in [0.4, 0.5) is 0 Å². The summed E-state index contributed by atoms with van der Waals surface area (Å²) in [5.74, 6) is -3.14. The van der Waals surface area contributed by atoms with Gasteiger partial charge in [0, 0.05) is 23.9 Å². The third kappa shape index (κ3) is 11.8. The minimum Gasteiger partial charge on any atom is -0.497 e. The van der Waals surface area contributed by atoms with Crippen molar-refractivity contribution in [1.82, 2.24) is 0 Å². The average Bonchev–Trinajstić information content (AvgIpc) is 3.34. The standard InChI is InChI=1S/C52H45ClO13/c1-32(61-48(55)36-16-8-4-9-17-36)44-45(63-49(56)37-18-10-5-11-19-37)46(64-50(57)38-20-12-6-13-21-38)47(65-51(58)39-22-14-7-15-23-39)52(66-44)62-43-30-35(31-60-33(2)54)29-42(53)41(43)28-34-24-26-40(59-3)27-25-34/h4-27,29-30,32,44-47,52H,28,31H2,1-3H3/t32-,44-,45-,46+,47-,52-/m1/s1. The fourth-order valence-electron chi connectivity index (χ4n) is 7.16. The van der Waals surface area contributed by atoms with Crippen molar-refractivity contribution < 1.29 is 61.9 Å². The van der Waals surface area contributed by atoms with Crippen LogP contribution >= 0.6 is 11.6 Å². The molecule has 338 valence electrons. The summed E-state index contributed by atoms with van der Waals surface area (Å²) in [5.41, 5.74) is 2.28. The zero-order chi connectivity index (χ0) is 46.6. The first-order valence-corrected chi connectivity index (χ1v) is 21.3. The van der Waals surface area contributed by atoms with Gasteiger partial charge in [-0.1, -0.05) is 96.5 Å². The number of rotatable bonds is 16. The molecule has 0 aromatic heterocycles. The molecule has 0 radical (unpaired) electrons. The monoisotopic (exact) mass is 912 g/mol. The van der Waals surface area contributed by atoms with Crippen LogP contribution in [0.5, 0.6) is 11.5 Å². The van der Waals surface area contributed by atoms with Crippen LogP contribution in [0.15, 0.2) is 158 Å². The average molecular weight is 913 g/mol. The number of halogens is 1. The van der Waals surface area contributed by atoms with E-state index >= 15 is 0 Å². The summed E-state index contributed by atoms with van der Waals surface area (Å²) in [5, 5.41) is 0.225. The van der Waals surface area contributed by atoms with E-state index in [0.29, 0.717) is 16.9 Å². The normalized spacial score (nSPS) is 18.2. The van der Waals surface area contributed by atoms with Crippen LogP contribution in [0.3, 0.4) is 0 Å². The molecule has 6 atom stereocenters. The summed E-state index contributed by atoms with van der Waals surface area (Å²) in [6.45, 7) is 2.60. The summed E-state index contributed by atoms with van der Waals surface area (Å²) >= 11 is 7.02. The zero-order valence-electron chi connectivity index (χ0n) is 36.1. The maximum atomic E-state index is 14.2. The predicted octanol–water partition coefficient (Wildman–Crippen LogP) is 9.03. The topological polar surface area (TPSA) is 159 Å². The maximum Gasteiger partial charge on any atom is 0.338 e. The molecule has 1 aliphatic rings. The van der Waals surface area contributed by atoms with E-state index in [9.17, 15) is 24.0 Å². The second-order valence-corrected chi connectivity index (χ2v) is 15.5. The van der Waals surface area contributed by atoms with Crippen molar-refractivity contribution in [2.24, 2.45) is 0 Å². The second kappa shape index (κ2) is 21.9. The van der Waals surface area contributed by atoms with Crippen molar-refractivity contribution in [3.05, 3.63) is 202 Å². The highest BCUT2D eigenvalue weighted by Crippen LogP contribution is 2.38. The first-order valence-electron chi connectivity index (χ1n) is 20.9. The van der Waals surface area contributed by atoms with E-state index in [0.717, 1.165) is 5.56 Å². The number of carbonyl (C=O) groups excluding carboxylic acids is 5. The number of methoxy groups -OCH3 is 1. The Bertz CT molecular complexity index is 2610. The number of ether oxygens (including phenoxy) is 8. The van der Waals surface area contributed by atoms with Crippen molar-refractivity contribution in [2.45, 2.75) is 63.7 Å². The Hall–Kier alpha value is -7.48. The Balaban J connectivity index is 1.38. The molecule has 1 aliphatic heterocycles. The zero-order valence-corrected chi connectivity index (χ0v) is 36.8. The third-order valence-corrected chi connectivity index (χ3v) is 10.8. The van der Waals surface area contributed by atoms with Crippen LogP contribution in [0.2, 0.25) is 5.02 Å². The van der Waals surface area contributed by atoms with E-state index in [1.54, 1.807) is 116 Å². The van der Waals surface area contributed by atoms with Crippen molar-refractivity contribution in [1.29, 1.82) is 0 Å². The van der Waals surface area contributed by atoms with Gasteiger partial charge in [0.15, 0.2) is 12.2 Å². The SMILES string of the molecule is COc1ccc(Cc2c(Cl)cc(COC(C)=O)cc2O[C@@H]2O[C@H]([C@@H](C)OC(=O)c3ccccc3)[C@@H](OC(=O)c3ccccc3)[C@H](OC(=O)c3ccccc3)[C@H]2OC(=O)c2ccccc2)cc1. The first-order chi connectivity index (χ1) is 32.0. The quantitative estimate of drug-likeness (QED) is 0.0669. The third-order valence-electron chi connectivity index (χ3n) is 10.5. The Morgan fingerprint density at radius 3 is 1.55 bits per heavy atom. The molecule has 6 aromatic rings. The van der Waals surface area contributed by atoms with Gasteiger partial charge in [-0.05, 0) is 90.8 Å². The van der Waals surface area contributed by atoms with E-state index < -0.39 is 66.7 Å². The van der Waals surface area contributed by atoms with E-state index in [-0.39, 0.29) is 46.1 Å². The highest BCUT2D eigenvalue weighted by atomic mass is 35.5. The van der Waals surface area contributed by atoms with E-state index in [1.165, 1.54) is 50.2 Å². The number of hydrogen-bond acceptors (Lipinski definition) is 13. The molecule has 66 heavy (non-hydrogen) atoms. The molecule has 0 unspecified atom stereocenters. The van der Waals surface area contributed by atoms with E-state index in [2.05, 4.69) is 0 Å². The smallest absolute Gasteiger partial charge is 0.338 e. The highest BCUT2D eigenvalue weighted by molar-refractivity contribution is 6.31. The minimum absolute atomic E-state index is 0.103. The van der Waals surface area contributed by atoms with Crippen LogP contribution in [-0.2, 0) is 46.2 Å². The van der Waals surface area contributed by atoms with Crippen molar-refractivity contribution in [3.63, 3.8) is 0 Å². The van der Waals surface area contributed by atoms with Gasteiger partial charge in [-0.15, -0.1) is 0 Å². The molecule has 1 fully saturated rings. The lowest BCUT2D eigenvalue weighted by molar-refractivity contribution is -0.284. The molecule has 0 spiro atoms. The molecular weight excluding hydrogens is 868 g/mol. The molecular formula is C52H45ClO13. The van der Waals surface area contributed by atoms with Gasteiger partial charge in [0.05, 0.1) is 29.4 Å². The van der Waals surface area contributed by atoms with Gasteiger partial charge in [0.25, 0.3) is 0 Å². The largest absolute Gasteiger partial charge is 0.497 e. The molecule has 0 saturated carbocycles. The van der Waals surface area contributed by atoms with E-state index in [1.807, 2.05) is 12.1 Å². The maximum absolute atomic E-state index is 14.2. The molecule has 1 heterocycles. The van der Waals surface area contributed by atoms with Gasteiger partial charge >= 0.3 is 29.8 Å². The molecule has 0 N–H and O–H groups in total. The second-order valence-electron chi connectivity index (χ2n) is 15.1. The number of hydrogen-bond donors (Lipinski definition) is 0. The highest BCUT2D eigenvalue weighted by Gasteiger charge is 2.56. The number of esters is 5. The van der Waals surface area contributed by atoms with E-state index in [4.69, 9.17) is 49.5 Å². The van der Waals surface area contributed by atoms with Gasteiger partial charge in [0.1, 0.15) is 30.3 Å². The summed E-state index contributed by atoms with van der Waals surface area (Å²) < 4.78 is 48.9. The molecule has 13 nitrogen and oxygen atoms in total. The van der Waals surface area contributed by atoms with Gasteiger partial charge in [0.2, 0.25) is 12.4 Å². The molecule has 14 heteroatoms. The Kier molecular flexibility index (Phi) is 15.5. The van der Waals surface area contributed by atoms with Gasteiger partial charge in [-0.2, -0.15) is 0 Å². The van der Waals surface area contributed by atoms with Crippen LogP contribution in [0.1, 0.15) is 72.0 Å². The lowest BCUT2D eigenvalue weighted by atomic mass is 9.94. The Morgan fingerprint density at radius 2 is 1.06 bits per heavy atom. The summed E-state index contributed by atoms with van der Waals surface area (Å²) in [7, 11) is 1.55. The Labute approximate surface area is 386 Å². The fraction of sp³-hybridized carbons (Fsp3) is 0.212. The first kappa shape index (κ1) is 46.5. The van der Waals surface area contributed by atoms with Crippen molar-refractivity contribution in [2.75, 3.05) is 7.11 Å². The lowest BCUT2D eigenvalue weighted by Crippen LogP contribution is -2.65. The lowest BCUT2D eigenvalue weighted by Gasteiger charge is -2.45. The molecule has 7 rings (SSSR count). The summed E-state index contributed by atoms with van der Waals surface area (Å²) in [6.07, 6.45) is -9.21. The predicted molar refractivity (Wildman–Crippen MR) is 240 cm³/mol. The summed E-state index contributed by atoms with van der Waals surface area (Å²) in [6, 6.07) is 42.8. The van der Waals surface area contributed by atoms with Gasteiger partial charge in [-0.3, -0.25) is 4.79 Å². The Morgan fingerprint density at radius 1 is 0.591 bits per heavy atom. The molecule has 6 aromatic carbocycles. The fourth-order valence-corrected chi connectivity index (χ4v) is 7.46. The van der Waals surface area contributed by atoms with Crippen molar-refractivity contribution >= 4 is 41.4 Å². The number of benzene rings is 6. The molecule has 0 bridgehead atoms. The van der Waals surface area contributed by atoms with Crippen LogP contribution < -0.4 is 9.47 Å². The van der Waals surface area contributed by atoms with Crippen LogP contribution in [0, 0.1) is 0 Å². The molecule has 0 amide bonds.